The van der Waals surface area contributed by atoms with Crippen LogP contribution in [0.25, 0.3) is 0 Å². The highest BCUT2D eigenvalue weighted by molar-refractivity contribution is 7.59. The molecule has 1 rings (SSSR count). The van der Waals surface area contributed by atoms with Crippen molar-refractivity contribution in [3.63, 3.8) is 0 Å². The van der Waals surface area contributed by atoms with Crippen LogP contribution in [0.2, 0.25) is 0 Å². The first-order valence-electron chi connectivity index (χ1n) is 5.43. The Morgan fingerprint density at radius 1 is 1.33 bits per heavy atom. The lowest BCUT2D eigenvalue weighted by atomic mass is 10.0. The Hall–Kier alpha value is -0.680. The summed E-state index contributed by atoms with van der Waals surface area (Å²) in [5.41, 5.74) is 3.99. The first-order chi connectivity index (χ1) is 7.06. The van der Waals surface area contributed by atoms with Gasteiger partial charge in [-0.05, 0) is 45.6 Å². The number of aryl methyl sites for hydroxylation is 2. The molecule has 0 aromatic heterocycles. The molecule has 1 aromatic rings. The van der Waals surface area contributed by atoms with Crippen LogP contribution in [-0.4, -0.2) is 11.2 Å². The van der Waals surface area contributed by atoms with E-state index in [0.29, 0.717) is 19.8 Å². The predicted molar refractivity (Wildman–Crippen MR) is 68.3 cm³/mol. The number of hydrogen-bond acceptors (Lipinski definition) is 1. The Bertz CT molecular complexity index is 337. The lowest BCUT2D eigenvalue weighted by Gasteiger charge is -2.11. The largest absolute Gasteiger partial charge is 0.289 e. The standard InChI is InChI=1S/C13H19OP/c1-5-11(4)15-13(14)12-9(2)7-6-8-10(12)3/h6-8,11,15H,5H2,1-4H3. The van der Waals surface area contributed by atoms with E-state index in [1.165, 1.54) is 0 Å². The molecule has 0 aliphatic rings. The van der Waals surface area contributed by atoms with Crippen LogP contribution in [0.3, 0.4) is 0 Å². The van der Waals surface area contributed by atoms with Crippen molar-refractivity contribution in [2.75, 3.05) is 0 Å². The molecule has 0 amide bonds. The minimum Gasteiger partial charge on any atom is -0.289 e. The highest BCUT2D eigenvalue weighted by atomic mass is 31.1. The molecule has 2 heteroatoms. The van der Waals surface area contributed by atoms with Gasteiger partial charge >= 0.3 is 0 Å². The first-order valence-corrected chi connectivity index (χ1v) is 6.51. The quantitative estimate of drug-likeness (QED) is 0.705. The minimum absolute atomic E-state index is 0.319. The van der Waals surface area contributed by atoms with Crippen LogP contribution in [0.5, 0.6) is 0 Å². The Labute approximate surface area is 94.1 Å². The Kier molecular flexibility index (Phi) is 4.47. The van der Waals surface area contributed by atoms with E-state index < -0.39 is 0 Å². The summed E-state index contributed by atoms with van der Waals surface area (Å²) < 4.78 is 0. The molecule has 0 fully saturated rings. The lowest BCUT2D eigenvalue weighted by Crippen LogP contribution is -2.03. The molecule has 2 unspecified atom stereocenters. The SMILES string of the molecule is CCC(C)PC(=O)c1c(C)cccc1C. The molecule has 0 heterocycles. The van der Waals surface area contributed by atoms with Crippen molar-refractivity contribution < 1.29 is 4.79 Å². The molecule has 0 aliphatic heterocycles. The van der Waals surface area contributed by atoms with Gasteiger partial charge in [-0.3, -0.25) is 4.79 Å². The predicted octanol–water partition coefficient (Wildman–Crippen LogP) is 3.92. The molecule has 0 N–H and O–H groups in total. The zero-order valence-electron chi connectivity index (χ0n) is 9.92. The summed E-state index contributed by atoms with van der Waals surface area (Å²) in [6, 6.07) is 6.04. The van der Waals surface area contributed by atoms with Crippen molar-refractivity contribution in [2.45, 2.75) is 39.8 Å². The number of rotatable bonds is 4. The van der Waals surface area contributed by atoms with Crippen molar-refractivity contribution in [2.24, 2.45) is 0 Å². The average Bonchev–Trinajstić information content (AvgIpc) is 2.17. The van der Waals surface area contributed by atoms with E-state index in [-0.39, 0.29) is 0 Å². The van der Waals surface area contributed by atoms with E-state index in [2.05, 4.69) is 13.8 Å². The fourth-order valence-corrected chi connectivity index (χ4v) is 2.76. The van der Waals surface area contributed by atoms with E-state index in [1.54, 1.807) is 0 Å². The molecular weight excluding hydrogens is 203 g/mol. The van der Waals surface area contributed by atoms with Gasteiger partial charge in [0.1, 0.15) is 0 Å². The van der Waals surface area contributed by atoms with Crippen molar-refractivity contribution in [1.82, 2.24) is 0 Å². The van der Waals surface area contributed by atoms with Gasteiger partial charge in [0.2, 0.25) is 0 Å². The summed E-state index contributed by atoms with van der Waals surface area (Å²) in [7, 11) is 0.411. The fourth-order valence-electron chi connectivity index (χ4n) is 1.57. The molecule has 0 radical (unpaired) electrons. The van der Waals surface area contributed by atoms with Crippen molar-refractivity contribution in [3.05, 3.63) is 34.9 Å². The van der Waals surface area contributed by atoms with Gasteiger partial charge in [-0.1, -0.05) is 32.0 Å². The maximum absolute atomic E-state index is 12.1. The second-order valence-corrected chi connectivity index (χ2v) is 5.78. The van der Waals surface area contributed by atoms with E-state index >= 15 is 0 Å². The molecule has 1 nitrogen and oxygen atoms in total. The Balaban J connectivity index is 2.91. The first kappa shape index (κ1) is 12.4. The lowest BCUT2D eigenvalue weighted by molar-refractivity contribution is 0.108. The summed E-state index contributed by atoms with van der Waals surface area (Å²) in [6.45, 7) is 8.31. The second-order valence-electron chi connectivity index (χ2n) is 4.05. The van der Waals surface area contributed by atoms with Crippen LogP contribution in [0.4, 0.5) is 0 Å². The van der Waals surface area contributed by atoms with Crippen molar-refractivity contribution in [1.29, 1.82) is 0 Å². The van der Waals surface area contributed by atoms with E-state index in [0.717, 1.165) is 23.1 Å². The molecule has 0 saturated carbocycles. The van der Waals surface area contributed by atoms with Crippen molar-refractivity contribution >= 4 is 14.1 Å². The maximum Gasteiger partial charge on any atom is 0.181 e. The van der Waals surface area contributed by atoms with Crippen LogP contribution in [0.15, 0.2) is 18.2 Å². The summed E-state index contributed by atoms with van der Waals surface area (Å²) in [6.07, 6.45) is 1.08. The molecule has 82 valence electrons. The van der Waals surface area contributed by atoms with Gasteiger partial charge in [0.25, 0.3) is 0 Å². The number of carbonyl (C=O) groups is 1. The van der Waals surface area contributed by atoms with Crippen LogP contribution in [0.1, 0.15) is 41.8 Å². The minimum atomic E-state index is 0.319. The highest BCUT2D eigenvalue weighted by Gasteiger charge is 2.13. The van der Waals surface area contributed by atoms with E-state index in [4.69, 9.17) is 0 Å². The van der Waals surface area contributed by atoms with E-state index in [1.807, 2.05) is 32.0 Å². The summed E-state index contributed by atoms with van der Waals surface area (Å²) >= 11 is 0. The molecule has 2 atom stereocenters. The van der Waals surface area contributed by atoms with Gasteiger partial charge in [0.05, 0.1) is 0 Å². The molecule has 0 bridgehead atoms. The summed E-state index contributed by atoms with van der Waals surface area (Å²) in [5, 5.41) is 0. The fraction of sp³-hybridized carbons (Fsp3) is 0.462. The zero-order chi connectivity index (χ0) is 11.4. The van der Waals surface area contributed by atoms with E-state index in [9.17, 15) is 4.79 Å². The van der Waals surface area contributed by atoms with Gasteiger partial charge in [0, 0.05) is 5.56 Å². The highest BCUT2D eigenvalue weighted by Crippen LogP contribution is 2.29. The van der Waals surface area contributed by atoms with Gasteiger partial charge in [-0.15, -0.1) is 0 Å². The van der Waals surface area contributed by atoms with Crippen LogP contribution >= 0.6 is 8.58 Å². The van der Waals surface area contributed by atoms with Crippen LogP contribution in [0, 0.1) is 13.8 Å². The second kappa shape index (κ2) is 5.42. The van der Waals surface area contributed by atoms with Crippen molar-refractivity contribution in [3.8, 4) is 0 Å². The van der Waals surface area contributed by atoms with Crippen LogP contribution in [-0.2, 0) is 0 Å². The topological polar surface area (TPSA) is 17.1 Å². The monoisotopic (exact) mass is 222 g/mol. The maximum atomic E-state index is 12.1. The number of benzene rings is 1. The molecule has 0 aliphatic carbocycles. The molecule has 15 heavy (non-hydrogen) atoms. The Morgan fingerprint density at radius 3 is 2.33 bits per heavy atom. The van der Waals surface area contributed by atoms with Crippen LogP contribution < -0.4 is 0 Å². The average molecular weight is 222 g/mol. The van der Waals surface area contributed by atoms with Gasteiger partial charge < -0.3 is 0 Å². The Morgan fingerprint density at radius 2 is 1.87 bits per heavy atom. The molecule has 0 spiro atoms. The number of hydrogen-bond donors (Lipinski definition) is 0. The smallest absolute Gasteiger partial charge is 0.181 e. The third kappa shape index (κ3) is 3.14. The molecule has 0 saturated heterocycles. The summed E-state index contributed by atoms with van der Waals surface area (Å²) in [4.78, 5) is 12.1. The van der Waals surface area contributed by atoms with Gasteiger partial charge in [0.15, 0.2) is 5.52 Å². The molecular formula is C13H19OP. The molecule has 1 aromatic carbocycles. The zero-order valence-corrected chi connectivity index (χ0v) is 10.9. The van der Waals surface area contributed by atoms with Gasteiger partial charge in [-0.25, -0.2) is 0 Å². The third-order valence-corrected chi connectivity index (χ3v) is 4.11. The third-order valence-electron chi connectivity index (χ3n) is 2.70. The summed E-state index contributed by atoms with van der Waals surface area (Å²) in [5.74, 6) is 0. The normalized spacial score (nSPS) is 13.3. The van der Waals surface area contributed by atoms with Gasteiger partial charge in [-0.2, -0.15) is 0 Å². The number of carbonyl (C=O) groups excluding carboxylic acids is 1.